The SMILES string of the molecule is CNC(c1cnn(C)c1)c1cc(C)c(F)cc1F. The molecule has 1 N–H and O–H groups in total. The van der Waals surface area contributed by atoms with Gasteiger partial charge in [-0.15, -0.1) is 0 Å². The number of halogens is 2. The maximum Gasteiger partial charge on any atom is 0.131 e. The van der Waals surface area contributed by atoms with E-state index in [0.29, 0.717) is 11.1 Å². The molecule has 1 unspecified atom stereocenters. The van der Waals surface area contributed by atoms with Gasteiger partial charge < -0.3 is 5.32 Å². The van der Waals surface area contributed by atoms with E-state index < -0.39 is 11.6 Å². The van der Waals surface area contributed by atoms with Gasteiger partial charge in [-0.25, -0.2) is 8.78 Å². The molecule has 1 heterocycles. The Balaban J connectivity index is 2.48. The molecule has 0 aliphatic carbocycles. The lowest BCUT2D eigenvalue weighted by atomic mass is 9.99. The fourth-order valence-electron chi connectivity index (χ4n) is 1.99. The van der Waals surface area contributed by atoms with Gasteiger partial charge in [0.15, 0.2) is 0 Å². The Bertz CT molecular complexity index is 563. The van der Waals surface area contributed by atoms with E-state index in [9.17, 15) is 8.78 Å². The maximum absolute atomic E-state index is 13.9. The number of aryl methyl sites for hydroxylation is 2. The zero-order valence-electron chi connectivity index (χ0n) is 10.5. The van der Waals surface area contributed by atoms with E-state index >= 15 is 0 Å². The first kappa shape index (κ1) is 12.7. The van der Waals surface area contributed by atoms with Gasteiger partial charge in [-0.05, 0) is 25.6 Å². The van der Waals surface area contributed by atoms with Crippen LogP contribution in [0.2, 0.25) is 0 Å². The summed E-state index contributed by atoms with van der Waals surface area (Å²) in [6, 6.07) is 2.11. The molecule has 1 aromatic carbocycles. The first-order chi connectivity index (χ1) is 8.52. The van der Waals surface area contributed by atoms with Crippen LogP contribution < -0.4 is 5.32 Å². The summed E-state index contributed by atoms with van der Waals surface area (Å²) in [5, 5.41) is 7.08. The quantitative estimate of drug-likeness (QED) is 0.907. The molecule has 0 saturated heterocycles. The summed E-state index contributed by atoms with van der Waals surface area (Å²) in [6.07, 6.45) is 3.47. The van der Waals surface area contributed by atoms with Gasteiger partial charge in [0.1, 0.15) is 11.6 Å². The number of rotatable bonds is 3. The number of hydrogen-bond donors (Lipinski definition) is 1. The lowest BCUT2D eigenvalue weighted by Gasteiger charge is -2.16. The van der Waals surface area contributed by atoms with E-state index in [-0.39, 0.29) is 6.04 Å². The van der Waals surface area contributed by atoms with Crippen LogP contribution in [0.1, 0.15) is 22.7 Å². The number of benzene rings is 1. The molecule has 2 aromatic rings. The van der Waals surface area contributed by atoms with Crippen molar-refractivity contribution >= 4 is 0 Å². The average molecular weight is 251 g/mol. The lowest BCUT2D eigenvalue weighted by Crippen LogP contribution is -2.19. The van der Waals surface area contributed by atoms with Gasteiger partial charge in [0.05, 0.1) is 12.2 Å². The summed E-state index contributed by atoms with van der Waals surface area (Å²) in [7, 11) is 3.53. The smallest absolute Gasteiger partial charge is 0.131 e. The average Bonchev–Trinajstić information content (AvgIpc) is 2.73. The minimum Gasteiger partial charge on any atom is -0.309 e. The second-order valence-electron chi connectivity index (χ2n) is 4.29. The highest BCUT2D eigenvalue weighted by molar-refractivity contribution is 5.34. The summed E-state index contributed by atoms with van der Waals surface area (Å²) in [5.41, 5.74) is 1.69. The first-order valence-electron chi connectivity index (χ1n) is 5.64. The van der Waals surface area contributed by atoms with E-state index in [1.54, 1.807) is 38.1 Å². The van der Waals surface area contributed by atoms with Crippen LogP contribution in [0, 0.1) is 18.6 Å². The third kappa shape index (κ3) is 2.26. The molecule has 0 fully saturated rings. The minimum absolute atomic E-state index is 0.335. The Labute approximate surface area is 104 Å². The van der Waals surface area contributed by atoms with Crippen molar-refractivity contribution in [3.63, 3.8) is 0 Å². The highest BCUT2D eigenvalue weighted by Gasteiger charge is 2.19. The molecule has 1 atom stereocenters. The van der Waals surface area contributed by atoms with E-state index in [2.05, 4.69) is 10.4 Å². The largest absolute Gasteiger partial charge is 0.309 e. The van der Waals surface area contributed by atoms with E-state index in [1.807, 2.05) is 0 Å². The molecular weight excluding hydrogens is 236 g/mol. The van der Waals surface area contributed by atoms with E-state index in [0.717, 1.165) is 11.6 Å². The first-order valence-corrected chi connectivity index (χ1v) is 5.64. The van der Waals surface area contributed by atoms with Gasteiger partial charge in [0, 0.05) is 30.4 Å². The van der Waals surface area contributed by atoms with Crippen molar-refractivity contribution in [1.82, 2.24) is 15.1 Å². The van der Waals surface area contributed by atoms with Gasteiger partial charge in [0.25, 0.3) is 0 Å². The fraction of sp³-hybridized carbons (Fsp3) is 0.308. The molecule has 3 nitrogen and oxygen atoms in total. The van der Waals surface area contributed by atoms with E-state index in [4.69, 9.17) is 0 Å². The van der Waals surface area contributed by atoms with Gasteiger partial charge in [-0.2, -0.15) is 5.10 Å². The Morgan fingerprint density at radius 1 is 1.28 bits per heavy atom. The molecule has 1 aromatic heterocycles. The summed E-state index contributed by atoms with van der Waals surface area (Å²) < 4.78 is 28.8. The molecule has 0 aliphatic heterocycles. The van der Waals surface area contributed by atoms with Gasteiger partial charge in [-0.1, -0.05) is 0 Å². The van der Waals surface area contributed by atoms with Crippen LogP contribution in [0.4, 0.5) is 8.78 Å². The van der Waals surface area contributed by atoms with Crippen molar-refractivity contribution in [2.75, 3.05) is 7.05 Å². The Morgan fingerprint density at radius 2 is 2.00 bits per heavy atom. The number of hydrogen-bond acceptors (Lipinski definition) is 2. The number of nitrogens with zero attached hydrogens (tertiary/aromatic N) is 2. The normalized spacial score (nSPS) is 12.7. The van der Waals surface area contributed by atoms with Crippen molar-refractivity contribution in [2.45, 2.75) is 13.0 Å². The molecule has 0 aliphatic rings. The standard InChI is InChI=1S/C13H15F2N3/c1-8-4-10(12(15)5-11(8)14)13(16-2)9-6-17-18(3)7-9/h4-7,13,16H,1-3H3. The van der Waals surface area contributed by atoms with Crippen LogP contribution in [0.5, 0.6) is 0 Å². The highest BCUT2D eigenvalue weighted by atomic mass is 19.1. The van der Waals surface area contributed by atoms with Gasteiger partial charge in [-0.3, -0.25) is 4.68 Å². The highest BCUT2D eigenvalue weighted by Crippen LogP contribution is 2.25. The third-order valence-corrected chi connectivity index (χ3v) is 2.94. The van der Waals surface area contributed by atoms with Crippen molar-refractivity contribution in [3.8, 4) is 0 Å². The Hall–Kier alpha value is -1.75. The van der Waals surface area contributed by atoms with Crippen molar-refractivity contribution in [2.24, 2.45) is 7.05 Å². The Kier molecular flexibility index (Phi) is 3.43. The number of nitrogens with one attached hydrogen (secondary N) is 1. The summed E-state index contributed by atoms with van der Waals surface area (Å²) in [4.78, 5) is 0. The predicted molar refractivity (Wildman–Crippen MR) is 65.2 cm³/mol. The lowest BCUT2D eigenvalue weighted by molar-refractivity contribution is 0.547. The molecule has 0 saturated carbocycles. The van der Waals surface area contributed by atoms with Gasteiger partial charge >= 0.3 is 0 Å². The molecule has 0 radical (unpaired) electrons. The molecule has 0 bridgehead atoms. The second kappa shape index (κ2) is 4.86. The zero-order chi connectivity index (χ0) is 13.3. The second-order valence-corrected chi connectivity index (χ2v) is 4.29. The van der Waals surface area contributed by atoms with Crippen LogP contribution in [-0.4, -0.2) is 16.8 Å². The van der Waals surface area contributed by atoms with Crippen LogP contribution >= 0.6 is 0 Å². The zero-order valence-corrected chi connectivity index (χ0v) is 10.5. The predicted octanol–water partition coefficient (Wildman–Crippen LogP) is 2.32. The molecule has 0 spiro atoms. The monoisotopic (exact) mass is 251 g/mol. The molecule has 96 valence electrons. The molecule has 0 amide bonds. The van der Waals surface area contributed by atoms with Crippen LogP contribution in [0.25, 0.3) is 0 Å². The minimum atomic E-state index is -0.554. The van der Waals surface area contributed by atoms with Crippen molar-refractivity contribution in [3.05, 3.63) is 52.9 Å². The van der Waals surface area contributed by atoms with Crippen LogP contribution in [0.15, 0.2) is 24.5 Å². The Morgan fingerprint density at radius 3 is 2.56 bits per heavy atom. The van der Waals surface area contributed by atoms with Crippen molar-refractivity contribution in [1.29, 1.82) is 0 Å². The van der Waals surface area contributed by atoms with E-state index in [1.165, 1.54) is 6.07 Å². The van der Waals surface area contributed by atoms with Crippen LogP contribution in [-0.2, 0) is 7.05 Å². The molecule has 5 heteroatoms. The number of aromatic nitrogens is 2. The molecule has 18 heavy (non-hydrogen) atoms. The van der Waals surface area contributed by atoms with Gasteiger partial charge in [0.2, 0.25) is 0 Å². The summed E-state index contributed by atoms with van der Waals surface area (Å²) in [6.45, 7) is 1.62. The van der Waals surface area contributed by atoms with Crippen LogP contribution in [0.3, 0.4) is 0 Å². The molecule has 2 rings (SSSR count). The summed E-state index contributed by atoms with van der Waals surface area (Å²) >= 11 is 0. The molecular formula is C13H15F2N3. The third-order valence-electron chi connectivity index (χ3n) is 2.94. The maximum atomic E-state index is 13.9. The summed E-state index contributed by atoms with van der Waals surface area (Å²) in [5.74, 6) is -1.08. The fourth-order valence-corrected chi connectivity index (χ4v) is 1.99. The topological polar surface area (TPSA) is 29.9 Å². The van der Waals surface area contributed by atoms with Crippen molar-refractivity contribution < 1.29 is 8.78 Å².